The summed E-state index contributed by atoms with van der Waals surface area (Å²) in [6.07, 6.45) is 2.36. The first-order valence-corrected chi connectivity index (χ1v) is 9.90. The molecule has 0 unspecified atom stereocenters. The highest BCUT2D eigenvalue weighted by Gasteiger charge is 2.20. The van der Waals surface area contributed by atoms with E-state index in [0.29, 0.717) is 17.8 Å². The van der Waals surface area contributed by atoms with Crippen LogP contribution in [-0.4, -0.2) is 39.7 Å². The fourth-order valence-corrected chi connectivity index (χ4v) is 3.89. The SMILES string of the molecule is Cc1nc(CN2CCC(CNc3noc(-c4ccccc4)n3)CC2)cs1. The van der Waals surface area contributed by atoms with Gasteiger partial charge >= 0.3 is 0 Å². The highest BCUT2D eigenvalue weighted by Crippen LogP contribution is 2.21. The van der Waals surface area contributed by atoms with Gasteiger partial charge in [0.05, 0.1) is 10.7 Å². The summed E-state index contributed by atoms with van der Waals surface area (Å²) in [6, 6.07) is 9.84. The number of rotatable bonds is 6. The highest BCUT2D eigenvalue weighted by atomic mass is 32.1. The smallest absolute Gasteiger partial charge is 0.263 e. The van der Waals surface area contributed by atoms with Crippen molar-refractivity contribution in [3.05, 3.63) is 46.4 Å². The minimum absolute atomic E-state index is 0.557. The number of nitrogens with one attached hydrogen (secondary N) is 1. The van der Waals surface area contributed by atoms with Crippen LogP contribution in [0.5, 0.6) is 0 Å². The standard InChI is InChI=1S/C19H23N5OS/c1-14-21-17(13-26-14)12-24-9-7-15(8-10-24)11-20-19-22-18(25-23-19)16-5-3-2-4-6-16/h2-6,13,15H,7-12H2,1H3,(H,20,23). The minimum Gasteiger partial charge on any atom is -0.351 e. The number of aromatic nitrogens is 3. The zero-order chi connectivity index (χ0) is 17.8. The van der Waals surface area contributed by atoms with Crippen LogP contribution in [0.15, 0.2) is 40.2 Å². The van der Waals surface area contributed by atoms with Gasteiger partial charge in [-0.15, -0.1) is 11.3 Å². The van der Waals surface area contributed by atoms with Crippen LogP contribution in [0.25, 0.3) is 11.5 Å². The number of piperidine rings is 1. The lowest BCUT2D eigenvalue weighted by Gasteiger charge is -2.31. The number of nitrogens with zero attached hydrogens (tertiary/aromatic N) is 4. The molecule has 136 valence electrons. The number of anilines is 1. The number of likely N-dealkylation sites (tertiary alicyclic amines) is 1. The molecule has 6 nitrogen and oxygen atoms in total. The van der Waals surface area contributed by atoms with Gasteiger partial charge in [-0.3, -0.25) is 4.90 Å². The van der Waals surface area contributed by atoms with Crippen molar-refractivity contribution in [2.24, 2.45) is 5.92 Å². The van der Waals surface area contributed by atoms with E-state index in [1.165, 1.54) is 18.5 Å². The van der Waals surface area contributed by atoms with Gasteiger partial charge in [0.1, 0.15) is 0 Å². The predicted octanol–water partition coefficient (Wildman–Crippen LogP) is 3.83. The molecule has 3 heterocycles. The van der Waals surface area contributed by atoms with E-state index in [2.05, 4.69) is 37.6 Å². The molecule has 1 aromatic carbocycles. The van der Waals surface area contributed by atoms with E-state index >= 15 is 0 Å². The van der Waals surface area contributed by atoms with Gasteiger partial charge in [0.25, 0.3) is 11.8 Å². The maximum Gasteiger partial charge on any atom is 0.263 e. The maximum atomic E-state index is 5.34. The molecule has 0 amide bonds. The van der Waals surface area contributed by atoms with E-state index in [4.69, 9.17) is 4.52 Å². The van der Waals surface area contributed by atoms with Gasteiger partial charge in [-0.2, -0.15) is 4.98 Å². The van der Waals surface area contributed by atoms with E-state index in [1.807, 2.05) is 30.3 Å². The van der Waals surface area contributed by atoms with Crippen molar-refractivity contribution in [1.29, 1.82) is 0 Å². The van der Waals surface area contributed by atoms with Crippen molar-refractivity contribution in [2.75, 3.05) is 25.0 Å². The topological polar surface area (TPSA) is 67.1 Å². The number of benzene rings is 1. The van der Waals surface area contributed by atoms with E-state index in [9.17, 15) is 0 Å². The third-order valence-electron chi connectivity index (χ3n) is 4.75. The Morgan fingerprint density at radius 2 is 2.00 bits per heavy atom. The molecule has 1 aliphatic rings. The number of thiazole rings is 1. The molecule has 0 spiro atoms. The van der Waals surface area contributed by atoms with Gasteiger partial charge < -0.3 is 9.84 Å². The fraction of sp³-hybridized carbons (Fsp3) is 0.421. The first kappa shape index (κ1) is 17.2. The molecule has 1 aliphatic heterocycles. The largest absolute Gasteiger partial charge is 0.351 e. The Hall–Kier alpha value is -2.25. The van der Waals surface area contributed by atoms with Crippen molar-refractivity contribution in [2.45, 2.75) is 26.3 Å². The third-order valence-corrected chi connectivity index (χ3v) is 5.58. The van der Waals surface area contributed by atoms with E-state index < -0.39 is 0 Å². The van der Waals surface area contributed by atoms with Crippen LogP contribution in [-0.2, 0) is 6.54 Å². The van der Waals surface area contributed by atoms with Crippen molar-refractivity contribution in [1.82, 2.24) is 20.0 Å². The van der Waals surface area contributed by atoms with Crippen LogP contribution in [0, 0.1) is 12.8 Å². The van der Waals surface area contributed by atoms with Gasteiger partial charge in [0, 0.05) is 24.0 Å². The first-order chi connectivity index (χ1) is 12.8. The van der Waals surface area contributed by atoms with Crippen LogP contribution in [0.2, 0.25) is 0 Å². The van der Waals surface area contributed by atoms with Gasteiger partial charge in [0.2, 0.25) is 0 Å². The first-order valence-electron chi connectivity index (χ1n) is 9.02. The van der Waals surface area contributed by atoms with Gasteiger partial charge in [-0.05, 0) is 56.1 Å². The van der Waals surface area contributed by atoms with Crippen molar-refractivity contribution < 1.29 is 4.52 Å². The fourth-order valence-electron chi connectivity index (χ4n) is 3.29. The summed E-state index contributed by atoms with van der Waals surface area (Å²) in [5, 5.41) is 10.7. The monoisotopic (exact) mass is 369 g/mol. The number of hydrogen-bond donors (Lipinski definition) is 1. The molecular weight excluding hydrogens is 346 g/mol. The Kier molecular flexibility index (Phi) is 5.26. The summed E-state index contributed by atoms with van der Waals surface area (Å²) in [7, 11) is 0. The van der Waals surface area contributed by atoms with Crippen molar-refractivity contribution in [3.8, 4) is 11.5 Å². The minimum atomic E-state index is 0.557. The zero-order valence-corrected chi connectivity index (χ0v) is 15.7. The second-order valence-electron chi connectivity index (χ2n) is 6.75. The van der Waals surface area contributed by atoms with Crippen molar-refractivity contribution >= 4 is 17.3 Å². The van der Waals surface area contributed by atoms with Crippen LogP contribution in [0.4, 0.5) is 5.95 Å². The maximum absolute atomic E-state index is 5.34. The lowest BCUT2D eigenvalue weighted by atomic mass is 9.97. The molecule has 0 aliphatic carbocycles. The Labute approximate surface area is 157 Å². The summed E-state index contributed by atoms with van der Waals surface area (Å²) in [6.45, 7) is 6.15. The Balaban J connectivity index is 1.23. The Bertz CT molecular complexity index is 823. The normalized spacial score (nSPS) is 16.0. The van der Waals surface area contributed by atoms with Crippen molar-refractivity contribution in [3.63, 3.8) is 0 Å². The molecule has 1 saturated heterocycles. The van der Waals surface area contributed by atoms with Crippen LogP contribution >= 0.6 is 11.3 Å². The molecule has 1 fully saturated rings. The molecule has 7 heteroatoms. The molecular formula is C19H23N5OS. The second-order valence-corrected chi connectivity index (χ2v) is 7.81. The molecule has 0 radical (unpaired) electrons. The van der Waals surface area contributed by atoms with Crippen LogP contribution in [0.1, 0.15) is 23.5 Å². The highest BCUT2D eigenvalue weighted by molar-refractivity contribution is 7.09. The average Bonchev–Trinajstić information content (AvgIpc) is 3.31. The van der Waals surface area contributed by atoms with E-state index in [0.717, 1.165) is 36.8 Å². The van der Waals surface area contributed by atoms with Gasteiger partial charge in [-0.25, -0.2) is 4.98 Å². The summed E-state index contributed by atoms with van der Waals surface area (Å²) in [4.78, 5) is 11.5. The van der Waals surface area contributed by atoms with Crippen LogP contribution < -0.4 is 5.32 Å². The second kappa shape index (κ2) is 7.97. The predicted molar refractivity (Wildman–Crippen MR) is 103 cm³/mol. The molecule has 2 aromatic heterocycles. The lowest BCUT2D eigenvalue weighted by Crippen LogP contribution is -2.35. The molecule has 0 bridgehead atoms. The quantitative estimate of drug-likeness (QED) is 0.712. The molecule has 3 aromatic rings. The summed E-state index contributed by atoms with van der Waals surface area (Å²) >= 11 is 1.73. The summed E-state index contributed by atoms with van der Waals surface area (Å²) < 4.78 is 5.34. The Morgan fingerprint density at radius 1 is 1.19 bits per heavy atom. The van der Waals surface area contributed by atoms with Gasteiger partial charge in [0.15, 0.2) is 0 Å². The van der Waals surface area contributed by atoms with E-state index in [-0.39, 0.29) is 0 Å². The number of aryl methyl sites for hydroxylation is 1. The third kappa shape index (κ3) is 4.28. The Morgan fingerprint density at radius 3 is 2.73 bits per heavy atom. The molecule has 1 N–H and O–H groups in total. The van der Waals surface area contributed by atoms with Crippen LogP contribution in [0.3, 0.4) is 0 Å². The molecule has 0 saturated carbocycles. The van der Waals surface area contributed by atoms with Gasteiger partial charge in [-0.1, -0.05) is 18.2 Å². The molecule has 26 heavy (non-hydrogen) atoms. The van der Waals surface area contributed by atoms with E-state index in [1.54, 1.807) is 11.3 Å². The average molecular weight is 369 g/mol. The summed E-state index contributed by atoms with van der Waals surface area (Å²) in [5.41, 5.74) is 2.14. The summed E-state index contributed by atoms with van der Waals surface area (Å²) in [5.74, 6) is 1.77. The zero-order valence-electron chi connectivity index (χ0n) is 14.9. The number of hydrogen-bond acceptors (Lipinski definition) is 7. The molecule has 4 rings (SSSR count). The molecule has 0 atom stereocenters. The lowest BCUT2D eigenvalue weighted by molar-refractivity contribution is 0.180.